The zero-order valence-electron chi connectivity index (χ0n) is 27.5. The van der Waals surface area contributed by atoms with E-state index in [9.17, 15) is 19.2 Å². The first-order valence-corrected chi connectivity index (χ1v) is 15.5. The summed E-state index contributed by atoms with van der Waals surface area (Å²) in [5.74, 6) is -0.959. The number of hydrogen-bond donors (Lipinski definition) is 1. The molecular weight excluding hydrogens is 520 g/mol. The lowest BCUT2D eigenvalue weighted by atomic mass is 9.95. The van der Waals surface area contributed by atoms with Gasteiger partial charge in [-0.2, -0.15) is 0 Å². The molecule has 0 radical (unpaired) electrons. The Kier molecular flexibility index (Phi) is 12.4. The summed E-state index contributed by atoms with van der Waals surface area (Å²) in [6.07, 6.45) is 6.01. The van der Waals surface area contributed by atoms with Gasteiger partial charge in [-0.1, -0.05) is 40.2 Å². The van der Waals surface area contributed by atoms with Gasteiger partial charge in [0.15, 0.2) is 0 Å². The second-order valence-electron chi connectivity index (χ2n) is 13.8. The maximum absolute atomic E-state index is 13.9. The zero-order valence-corrected chi connectivity index (χ0v) is 27.5. The molecule has 41 heavy (non-hydrogen) atoms. The fourth-order valence-corrected chi connectivity index (χ4v) is 5.91. The molecule has 234 valence electrons. The normalized spacial score (nSPS) is 22.2. The highest BCUT2D eigenvalue weighted by atomic mass is 16.6. The van der Waals surface area contributed by atoms with Crippen LogP contribution in [-0.4, -0.2) is 94.3 Å². The van der Waals surface area contributed by atoms with Gasteiger partial charge in [-0.15, -0.1) is 0 Å². The van der Waals surface area contributed by atoms with Gasteiger partial charge in [0.1, 0.15) is 17.7 Å². The number of rotatable bonds is 10. The predicted octanol–water partition coefficient (Wildman–Crippen LogP) is 4.15. The topological polar surface area (TPSA) is 99.3 Å². The first-order valence-electron chi connectivity index (χ1n) is 15.5. The Morgan fingerprint density at radius 1 is 0.902 bits per heavy atom. The van der Waals surface area contributed by atoms with Crippen LogP contribution in [0, 0.1) is 11.8 Å². The molecule has 2 saturated heterocycles. The molecule has 2 rings (SSSR count). The summed E-state index contributed by atoms with van der Waals surface area (Å²) in [7, 11) is 1.74. The van der Waals surface area contributed by atoms with Crippen LogP contribution in [0.3, 0.4) is 0 Å². The largest absolute Gasteiger partial charge is 0.458 e. The number of ether oxygens (including phenoxy) is 1. The monoisotopic (exact) mass is 576 g/mol. The van der Waals surface area contributed by atoms with Crippen LogP contribution in [0.2, 0.25) is 0 Å². The summed E-state index contributed by atoms with van der Waals surface area (Å²) >= 11 is 0. The molecule has 0 bridgehead atoms. The van der Waals surface area contributed by atoms with E-state index in [0.29, 0.717) is 18.5 Å². The van der Waals surface area contributed by atoms with Crippen molar-refractivity contribution >= 4 is 23.7 Å². The van der Waals surface area contributed by atoms with Gasteiger partial charge in [0.2, 0.25) is 17.7 Å². The van der Waals surface area contributed by atoms with Crippen molar-refractivity contribution in [2.24, 2.45) is 11.8 Å². The van der Waals surface area contributed by atoms with Gasteiger partial charge in [-0.3, -0.25) is 19.3 Å². The molecule has 0 aliphatic carbocycles. The van der Waals surface area contributed by atoms with Gasteiger partial charge in [-0.25, -0.2) is 4.79 Å². The molecule has 2 fully saturated rings. The third-order valence-electron chi connectivity index (χ3n) is 8.17. The standard InChI is InChI=1S/C32H56N4O5/c1-20(2)26(19-23(7)29(38)36-18-14-16-25(36)31(40)41-32(8,9)10)34(11)30(39)27(21(3)4)33-28(37)24-15-12-13-17-35(24)22(5)6/h19-22,24-27H,12-18H2,1-11H3,(H,33,37)/b23-19+/t24-,25-,26-,27+/m1/s1. The fraction of sp³-hybridized carbons (Fsp3) is 0.812. The van der Waals surface area contributed by atoms with Crippen molar-refractivity contribution in [3.8, 4) is 0 Å². The van der Waals surface area contributed by atoms with Gasteiger partial charge in [0.05, 0.1) is 12.1 Å². The quantitative estimate of drug-likeness (QED) is 0.310. The van der Waals surface area contributed by atoms with Crippen molar-refractivity contribution in [1.29, 1.82) is 0 Å². The highest BCUT2D eigenvalue weighted by molar-refractivity contribution is 5.96. The number of nitrogens with zero attached hydrogens (tertiary/aromatic N) is 3. The Labute approximate surface area is 248 Å². The summed E-state index contributed by atoms with van der Waals surface area (Å²) in [5.41, 5.74) is -0.143. The minimum absolute atomic E-state index is 0.0187. The van der Waals surface area contributed by atoms with Gasteiger partial charge >= 0.3 is 5.97 Å². The molecule has 1 N–H and O–H groups in total. The third-order valence-corrected chi connectivity index (χ3v) is 8.17. The Morgan fingerprint density at radius 3 is 2.05 bits per heavy atom. The molecule has 0 saturated carbocycles. The summed E-state index contributed by atoms with van der Waals surface area (Å²) in [6, 6.07) is -1.63. The Hall–Kier alpha value is -2.42. The number of esters is 1. The van der Waals surface area contributed by atoms with Gasteiger partial charge in [-0.05, 0) is 85.6 Å². The lowest BCUT2D eigenvalue weighted by molar-refractivity contribution is -0.162. The summed E-state index contributed by atoms with van der Waals surface area (Å²) in [6.45, 7) is 20.7. The number of hydrogen-bond acceptors (Lipinski definition) is 6. The number of likely N-dealkylation sites (N-methyl/N-ethyl adjacent to an activating group) is 1. The van der Waals surface area contributed by atoms with Crippen molar-refractivity contribution in [3.05, 3.63) is 11.6 Å². The van der Waals surface area contributed by atoms with E-state index >= 15 is 0 Å². The maximum atomic E-state index is 13.9. The van der Waals surface area contributed by atoms with Crippen LogP contribution in [0.15, 0.2) is 11.6 Å². The average molecular weight is 577 g/mol. The SMILES string of the molecule is C/C(=C\[C@H](C(C)C)N(C)C(=O)[C@@H](NC(=O)[C@H]1CCCCN1C(C)C)C(C)C)C(=O)N1CCC[C@@H]1C(=O)OC(C)(C)C. The second kappa shape index (κ2) is 14.7. The molecule has 0 aromatic carbocycles. The van der Waals surface area contributed by atoms with E-state index in [-0.39, 0.29) is 53.7 Å². The lowest BCUT2D eigenvalue weighted by Gasteiger charge is -2.39. The number of likely N-dealkylation sites (tertiary alicyclic amines) is 2. The lowest BCUT2D eigenvalue weighted by Crippen LogP contribution is -2.58. The molecule has 0 spiro atoms. The molecule has 2 heterocycles. The summed E-state index contributed by atoms with van der Waals surface area (Å²) in [5, 5.41) is 3.08. The summed E-state index contributed by atoms with van der Waals surface area (Å²) < 4.78 is 5.57. The number of carbonyl (C=O) groups excluding carboxylic acids is 4. The maximum Gasteiger partial charge on any atom is 0.329 e. The van der Waals surface area contributed by atoms with E-state index in [1.807, 2.05) is 54.5 Å². The van der Waals surface area contributed by atoms with Crippen molar-refractivity contribution in [1.82, 2.24) is 20.0 Å². The molecule has 0 aromatic rings. The second-order valence-corrected chi connectivity index (χ2v) is 13.8. The van der Waals surface area contributed by atoms with Crippen LogP contribution < -0.4 is 5.32 Å². The van der Waals surface area contributed by atoms with Crippen molar-refractivity contribution in [3.63, 3.8) is 0 Å². The van der Waals surface area contributed by atoms with Crippen molar-refractivity contribution < 1.29 is 23.9 Å². The minimum atomic E-state index is -0.677. The number of nitrogens with one attached hydrogen (secondary N) is 1. The van der Waals surface area contributed by atoms with Crippen LogP contribution in [0.1, 0.15) is 101 Å². The molecule has 9 nitrogen and oxygen atoms in total. The number of carbonyl (C=O) groups is 4. The molecular formula is C32H56N4O5. The Morgan fingerprint density at radius 2 is 1.51 bits per heavy atom. The molecule has 4 atom stereocenters. The Balaban J connectivity index is 2.22. The van der Waals surface area contributed by atoms with Crippen LogP contribution >= 0.6 is 0 Å². The van der Waals surface area contributed by atoms with Gasteiger partial charge < -0.3 is 19.9 Å². The number of piperidine rings is 1. The van der Waals surface area contributed by atoms with Crippen LogP contribution in [-0.2, 0) is 23.9 Å². The predicted molar refractivity (Wildman–Crippen MR) is 162 cm³/mol. The smallest absolute Gasteiger partial charge is 0.329 e. The third kappa shape index (κ3) is 9.29. The van der Waals surface area contributed by atoms with Crippen molar-refractivity contribution in [2.75, 3.05) is 20.1 Å². The zero-order chi connectivity index (χ0) is 31.2. The molecule has 2 aliphatic rings. The van der Waals surface area contributed by atoms with E-state index in [1.54, 1.807) is 23.8 Å². The molecule has 0 aromatic heterocycles. The van der Waals surface area contributed by atoms with E-state index < -0.39 is 17.7 Å². The van der Waals surface area contributed by atoms with E-state index in [1.165, 1.54) is 0 Å². The molecule has 2 aliphatic heterocycles. The van der Waals surface area contributed by atoms with E-state index in [4.69, 9.17) is 4.74 Å². The van der Waals surface area contributed by atoms with Crippen LogP contribution in [0.5, 0.6) is 0 Å². The highest BCUT2D eigenvalue weighted by Crippen LogP contribution is 2.25. The first-order chi connectivity index (χ1) is 19.0. The van der Waals surface area contributed by atoms with E-state index in [0.717, 1.165) is 32.2 Å². The van der Waals surface area contributed by atoms with Gasteiger partial charge in [0.25, 0.3) is 0 Å². The molecule has 3 amide bonds. The van der Waals surface area contributed by atoms with Crippen LogP contribution in [0.4, 0.5) is 0 Å². The van der Waals surface area contributed by atoms with E-state index in [2.05, 4.69) is 24.1 Å². The van der Waals surface area contributed by atoms with Crippen LogP contribution in [0.25, 0.3) is 0 Å². The fourth-order valence-electron chi connectivity index (χ4n) is 5.91. The molecule has 9 heteroatoms. The summed E-state index contributed by atoms with van der Waals surface area (Å²) in [4.78, 5) is 59.1. The Bertz CT molecular complexity index is 968. The average Bonchev–Trinajstić information content (AvgIpc) is 3.37. The van der Waals surface area contributed by atoms with Gasteiger partial charge in [0, 0.05) is 25.2 Å². The first kappa shape index (κ1) is 34.8. The minimum Gasteiger partial charge on any atom is -0.458 e. The molecule has 0 unspecified atom stereocenters. The number of amides is 3. The highest BCUT2D eigenvalue weighted by Gasteiger charge is 2.39. The van der Waals surface area contributed by atoms with Crippen molar-refractivity contribution in [2.45, 2.75) is 137 Å².